The molecular formula is C15H18N2O2. The number of aliphatic hydroxyl groups is 1. The Balaban J connectivity index is 1.77. The van der Waals surface area contributed by atoms with Gasteiger partial charge in [0.15, 0.2) is 0 Å². The smallest absolute Gasteiger partial charge is 0.251 e. The number of carbonyl (C=O) groups is 1. The van der Waals surface area contributed by atoms with E-state index in [1.54, 1.807) is 0 Å². The summed E-state index contributed by atoms with van der Waals surface area (Å²) in [7, 11) is 0. The van der Waals surface area contributed by atoms with Gasteiger partial charge in [-0.05, 0) is 30.0 Å². The van der Waals surface area contributed by atoms with Gasteiger partial charge >= 0.3 is 0 Å². The van der Waals surface area contributed by atoms with E-state index >= 15 is 0 Å². The molecular weight excluding hydrogens is 240 g/mol. The molecule has 1 aromatic heterocycles. The maximum atomic E-state index is 12.2. The molecule has 0 saturated heterocycles. The van der Waals surface area contributed by atoms with Crippen LogP contribution in [0, 0.1) is 5.41 Å². The molecule has 4 nitrogen and oxygen atoms in total. The zero-order valence-electron chi connectivity index (χ0n) is 11.1. The molecule has 0 aliphatic heterocycles. The van der Waals surface area contributed by atoms with E-state index in [0.717, 1.165) is 10.9 Å². The minimum Gasteiger partial charge on any atom is -0.392 e. The molecule has 1 amide bonds. The summed E-state index contributed by atoms with van der Waals surface area (Å²) in [5.41, 5.74) is 1.36. The third-order valence-corrected chi connectivity index (χ3v) is 4.34. The Morgan fingerprint density at radius 3 is 2.89 bits per heavy atom. The maximum absolute atomic E-state index is 12.2. The first kappa shape index (κ1) is 12.2. The van der Waals surface area contributed by atoms with Crippen LogP contribution >= 0.6 is 0 Å². The first-order valence-electron chi connectivity index (χ1n) is 6.54. The number of fused-ring (bicyclic) bond motifs is 1. The summed E-state index contributed by atoms with van der Waals surface area (Å²) in [6.07, 6.45) is 2.16. The molecule has 3 N–H and O–H groups in total. The largest absolute Gasteiger partial charge is 0.392 e. The van der Waals surface area contributed by atoms with Crippen molar-refractivity contribution in [3.05, 3.63) is 36.0 Å². The van der Waals surface area contributed by atoms with E-state index in [4.69, 9.17) is 0 Å². The van der Waals surface area contributed by atoms with Crippen LogP contribution in [0.2, 0.25) is 0 Å². The summed E-state index contributed by atoms with van der Waals surface area (Å²) in [5, 5.41) is 13.8. The summed E-state index contributed by atoms with van der Waals surface area (Å²) in [6, 6.07) is 7.62. The van der Waals surface area contributed by atoms with Crippen LogP contribution in [0.25, 0.3) is 10.9 Å². The van der Waals surface area contributed by atoms with E-state index in [1.807, 2.05) is 44.3 Å². The third-order valence-electron chi connectivity index (χ3n) is 4.34. The predicted octanol–water partition coefficient (Wildman–Crippen LogP) is 2.06. The average molecular weight is 258 g/mol. The number of benzene rings is 1. The number of hydrogen-bond acceptors (Lipinski definition) is 2. The zero-order valence-corrected chi connectivity index (χ0v) is 11.1. The molecule has 1 fully saturated rings. The minimum absolute atomic E-state index is 0.0364. The predicted molar refractivity (Wildman–Crippen MR) is 74.0 cm³/mol. The van der Waals surface area contributed by atoms with Gasteiger partial charge in [0.25, 0.3) is 5.91 Å². The van der Waals surface area contributed by atoms with Crippen molar-refractivity contribution in [1.29, 1.82) is 0 Å². The first-order valence-corrected chi connectivity index (χ1v) is 6.54. The normalized spacial score (nSPS) is 25.0. The molecule has 2 atom stereocenters. The second-order valence-corrected chi connectivity index (χ2v) is 5.88. The van der Waals surface area contributed by atoms with Gasteiger partial charge in [-0.25, -0.2) is 0 Å². The van der Waals surface area contributed by atoms with Gasteiger partial charge in [0.2, 0.25) is 0 Å². The molecule has 4 heteroatoms. The number of aromatic nitrogens is 1. The second kappa shape index (κ2) is 4.10. The molecule has 100 valence electrons. The van der Waals surface area contributed by atoms with E-state index in [-0.39, 0.29) is 23.5 Å². The average Bonchev–Trinajstić information content (AvgIpc) is 2.85. The summed E-state index contributed by atoms with van der Waals surface area (Å²) in [6.45, 7) is 3.95. The van der Waals surface area contributed by atoms with Crippen molar-refractivity contribution in [3.63, 3.8) is 0 Å². The Kier molecular flexibility index (Phi) is 2.64. The Hall–Kier alpha value is -1.81. The summed E-state index contributed by atoms with van der Waals surface area (Å²) < 4.78 is 0. The summed E-state index contributed by atoms with van der Waals surface area (Å²) in [5.74, 6) is -0.0820. The number of aliphatic hydroxyl groups excluding tert-OH is 1. The highest BCUT2D eigenvalue weighted by molar-refractivity contribution is 5.98. The number of rotatable bonds is 2. The van der Waals surface area contributed by atoms with Crippen LogP contribution in [0.1, 0.15) is 30.6 Å². The SMILES string of the molecule is CC1(C)C(O)CC1NC(=O)c1ccc2cc[nH]c2c1. The van der Waals surface area contributed by atoms with Crippen molar-refractivity contribution >= 4 is 16.8 Å². The Morgan fingerprint density at radius 1 is 1.42 bits per heavy atom. The van der Waals surface area contributed by atoms with Crippen LogP contribution in [0.5, 0.6) is 0 Å². The van der Waals surface area contributed by atoms with E-state index in [1.165, 1.54) is 0 Å². The zero-order chi connectivity index (χ0) is 13.6. The molecule has 1 saturated carbocycles. The standard InChI is InChI=1S/C15H18N2O2/c1-15(2)12(8-13(15)18)17-14(19)10-4-3-9-5-6-16-11(9)7-10/h3-7,12-13,16,18H,8H2,1-2H3,(H,17,19). The first-order chi connectivity index (χ1) is 8.98. The quantitative estimate of drug-likeness (QED) is 0.772. The lowest BCUT2D eigenvalue weighted by molar-refractivity contribution is -0.0689. The lowest BCUT2D eigenvalue weighted by Gasteiger charge is -2.49. The minimum atomic E-state index is -0.330. The van der Waals surface area contributed by atoms with Gasteiger partial charge in [-0.3, -0.25) is 4.79 Å². The van der Waals surface area contributed by atoms with Gasteiger partial charge in [-0.2, -0.15) is 0 Å². The van der Waals surface area contributed by atoms with Crippen molar-refractivity contribution in [3.8, 4) is 0 Å². The number of nitrogens with one attached hydrogen (secondary N) is 2. The fourth-order valence-corrected chi connectivity index (χ4v) is 2.58. The fourth-order valence-electron chi connectivity index (χ4n) is 2.58. The van der Waals surface area contributed by atoms with Crippen molar-refractivity contribution in [2.24, 2.45) is 5.41 Å². The Morgan fingerprint density at radius 2 is 2.21 bits per heavy atom. The van der Waals surface area contributed by atoms with Crippen molar-refractivity contribution in [1.82, 2.24) is 10.3 Å². The van der Waals surface area contributed by atoms with Crippen LogP contribution in [-0.4, -0.2) is 28.1 Å². The molecule has 0 spiro atoms. The van der Waals surface area contributed by atoms with Crippen molar-refractivity contribution < 1.29 is 9.90 Å². The van der Waals surface area contributed by atoms with Crippen LogP contribution < -0.4 is 5.32 Å². The highest BCUT2D eigenvalue weighted by atomic mass is 16.3. The molecule has 1 heterocycles. The number of aromatic amines is 1. The lowest BCUT2D eigenvalue weighted by atomic mass is 9.64. The molecule has 1 aliphatic rings. The molecule has 1 aliphatic carbocycles. The molecule has 0 bridgehead atoms. The summed E-state index contributed by atoms with van der Waals surface area (Å²) in [4.78, 5) is 15.3. The molecule has 0 radical (unpaired) electrons. The topological polar surface area (TPSA) is 65.1 Å². The van der Waals surface area contributed by atoms with Crippen LogP contribution in [0.15, 0.2) is 30.5 Å². The van der Waals surface area contributed by atoms with Gasteiger partial charge in [-0.15, -0.1) is 0 Å². The Labute approximate surface area is 111 Å². The molecule has 2 unspecified atom stereocenters. The second-order valence-electron chi connectivity index (χ2n) is 5.88. The molecule has 2 aromatic rings. The summed E-state index contributed by atoms with van der Waals surface area (Å²) >= 11 is 0. The van der Waals surface area contributed by atoms with Crippen LogP contribution in [0.4, 0.5) is 0 Å². The fraction of sp³-hybridized carbons (Fsp3) is 0.400. The lowest BCUT2D eigenvalue weighted by Crippen LogP contribution is -2.61. The maximum Gasteiger partial charge on any atom is 0.251 e. The van der Waals surface area contributed by atoms with Crippen molar-refractivity contribution in [2.75, 3.05) is 0 Å². The van der Waals surface area contributed by atoms with E-state index < -0.39 is 0 Å². The van der Waals surface area contributed by atoms with E-state index in [9.17, 15) is 9.90 Å². The highest BCUT2D eigenvalue weighted by Gasteiger charge is 2.47. The monoisotopic (exact) mass is 258 g/mol. The number of H-pyrrole nitrogens is 1. The molecule has 19 heavy (non-hydrogen) atoms. The van der Waals surface area contributed by atoms with Gasteiger partial charge in [0.1, 0.15) is 0 Å². The van der Waals surface area contributed by atoms with Gasteiger partial charge < -0.3 is 15.4 Å². The number of amides is 1. The Bertz CT molecular complexity index is 630. The molecule has 1 aromatic carbocycles. The van der Waals surface area contributed by atoms with Crippen LogP contribution in [-0.2, 0) is 0 Å². The highest BCUT2D eigenvalue weighted by Crippen LogP contribution is 2.40. The van der Waals surface area contributed by atoms with E-state index in [0.29, 0.717) is 12.0 Å². The third kappa shape index (κ3) is 1.92. The number of carbonyl (C=O) groups excluding carboxylic acids is 1. The van der Waals surface area contributed by atoms with Gasteiger partial charge in [0.05, 0.1) is 6.10 Å². The molecule has 3 rings (SSSR count). The van der Waals surface area contributed by atoms with Gasteiger partial charge in [0, 0.05) is 28.7 Å². The van der Waals surface area contributed by atoms with Crippen molar-refractivity contribution in [2.45, 2.75) is 32.4 Å². The van der Waals surface area contributed by atoms with Crippen LogP contribution in [0.3, 0.4) is 0 Å². The van der Waals surface area contributed by atoms with Gasteiger partial charge in [-0.1, -0.05) is 19.9 Å². The number of hydrogen-bond donors (Lipinski definition) is 3. The van der Waals surface area contributed by atoms with E-state index in [2.05, 4.69) is 10.3 Å².